The summed E-state index contributed by atoms with van der Waals surface area (Å²) in [5.41, 5.74) is 0. The molecule has 0 aromatic rings. The van der Waals surface area contributed by atoms with Gasteiger partial charge in [0.05, 0.1) is 0 Å². The van der Waals surface area contributed by atoms with Gasteiger partial charge in [-0.05, 0) is 30.6 Å². The fourth-order valence-electron chi connectivity index (χ4n) is 3.88. The Bertz CT molecular complexity index is 227. The third kappa shape index (κ3) is 1.35. The molecule has 1 N–H and O–H groups in total. The van der Waals surface area contributed by atoms with Crippen molar-refractivity contribution >= 4 is 5.91 Å². The second-order valence-electron chi connectivity index (χ2n) is 5.41. The summed E-state index contributed by atoms with van der Waals surface area (Å²) in [6, 6.07) is 0.543. The van der Waals surface area contributed by atoms with E-state index in [1.54, 1.807) is 0 Å². The van der Waals surface area contributed by atoms with Crippen LogP contribution in [-0.4, -0.2) is 11.9 Å². The highest BCUT2D eigenvalue weighted by Crippen LogP contribution is 2.45. The third-order valence-corrected chi connectivity index (χ3v) is 4.59. The number of carbonyl (C=O) groups excluding carboxylic acids is 1. The zero-order valence-corrected chi connectivity index (χ0v) is 8.67. The van der Waals surface area contributed by atoms with E-state index in [0.29, 0.717) is 17.9 Å². The lowest BCUT2D eigenvalue weighted by molar-refractivity contribution is -0.119. The molecule has 78 valence electrons. The molecule has 0 aromatic heterocycles. The number of amides is 1. The van der Waals surface area contributed by atoms with Crippen molar-refractivity contribution in [2.24, 2.45) is 17.8 Å². The van der Waals surface area contributed by atoms with Gasteiger partial charge in [0.2, 0.25) is 5.91 Å². The molecule has 3 aliphatic rings. The van der Waals surface area contributed by atoms with E-state index >= 15 is 0 Å². The van der Waals surface area contributed by atoms with E-state index < -0.39 is 0 Å². The van der Waals surface area contributed by atoms with Crippen LogP contribution in [0.5, 0.6) is 0 Å². The molecule has 2 aliphatic carbocycles. The van der Waals surface area contributed by atoms with Gasteiger partial charge in [-0.2, -0.15) is 0 Å². The Morgan fingerprint density at radius 2 is 1.71 bits per heavy atom. The van der Waals surface area contributed by atoms with Crippen LogP contribution in [0.4, 0.5) is 0 Å². The normalized spacial score (nSPS) is 46.7. The summed E-state index contributed by atoms with van der Waals surface area (Å²) in [5.74, 6) is 2.88. The van der Waals surface area contributed by atoms with Crippen molar-refractivity contribution in [1.82, 2.24) is 5.32 Å². The van der Waals surface area contributed by atoms with Crippen LogP contribution in [0, 0.1) is 17.8 Å². The Kier molecular flexibility index (Phi) is 2.03. The van der Waals surface area contributed by atoms with E-state index in [1.165, 1.54) is 38.5 Å². The van der Waals surface area contributed by atoms with Gasteiger partial charge in [0.25, 0.3) is 0 Å². The van der Waals surface area contributed by atoms with E-state index in [1.807, 2.05) is 0 Å². The molecule has 2 heteroatoms. The van der Waals surface area contributed by atoms with Crippen molar-refractivity contribution in [2.75, 3.05) is 0 Å². The SMILES string of the molecule is O=C1CC2CC3CCCCC3CC2N1. The summed E-state index contributed by atoms with van der Waals surface area (Å²) < 4.78 is 0. The van der Waals surface area contributed by atoms with Crippen LogP contribution in [0.1, 0.15) is 44.9 Å². The number of fused-ring (bicyclic) bond motifs is 2. The van der Waals surface area contributed by atoms with Gasteiger partial charge in [-0.15, -0.1) is 0 Å². The highest BCUT2D eigenvalue weighted by atomic mass is 16.2. The molecular formula is C12H19NO. The first-order valence-corrected chi connectivity index (χ1v) is 6.12. The summed E-state index contributed by atoms with van der Waals surface area (Å²) in [5, 5.41) is 3.15. The number of hydrogen-bond acceptors (Lipinski definition) is 1. The molecule has 1 saturated heterocycles. The van der Waals surface area contributed by atoms with Gasteiger partial charge in [-0.1, -0.05) is 25.7 Å². The van der Waals surface area contributed by atoms with Crippen molar-refractivity contribution in [3.05, 3.63) is 0 Å². The van der Waals surface area contributed by atoms with E-state index in [4.69, 9.17) is 0 Å². The first-order valence-electron chi connectivity index (χ1n) is 6.12. The number of hydrogen-bond donors (Lipinski definition) is 1. The van der Waals surface area contributed by atoms with Gasteiger partial charge in [-0.3, -0.25) is 4.79 Å². The monoisotopic (exact) mass is 193 g/mol. The molecule has 0 spiro atoms. The third-order valence-electron chi connectivity index (χ3n) is 4.59. The Morgan fingerprint density at radius 3 is 2.50 bits per heavy atom. The Labute approximate surface area is 85.4 Å². The molecule has 0 radical (unpaired) electrons. The van der Waals surface area contributed by atoms with Crippen molar-refractivity contribution < 1.29 is 4.79 Å². The molecule has 3 fully saturated rings. The molecule has 0 bridgehead atoms. The highest BCUT2D eigenvalue weighted by Gasteiger charge is 2.42. The highest BCUT2D eigenvalue weighted by molar-refractivity contribution is 5.79. The quantitative estimate of drug-likeness (QED) is 0.627. The topological polar surface area (TPSA) is 29.1 Å². The molecule has 2 nitrogen and oxygen atoms in total. The summed E-state index contributed by atoms with van der Waals surface area (Å²) in [6.07, 6.45) is 9.13. The van der Waals surface area contributed by atoms with Crippen LogP contribution >= 0.6 is 0 Å². The van der Waals surface area contributed by atoms with Gasteiger partial charge < -0.3 is 5.32 Å². The predicted octanol–water partition coefficient (Wildman–Crippen LogP) is 2.09. The molecule has 4 atom stereocenters. The average molecular weight is 193 g/mol. The van der Waals surface area contributed by atoms with Crippen LogP contribution in [0.3, 0.4) is 0 Å². The van der Waals surface area contributed by atoms with Crippen molar-refractivity contribution in [3.63, 3.8) is 0 Å². The maximum atomic E-state index is 11.3. The summed E-state index contributed by atoms with van der Waals surface area (Å²) in [7, 11) is 0. The summed E-state index contributed by atoms with van der Waals surface area (Å²) >= 11 is 0. The molecule has 4 unspecified atom stereocenters. The van der Waals surface area contributed by atoms with Crippen molar-refractivity contribution in [3.8, 4) is 0 Å². The predicted molar refractivity (Wildman–Crippen MR) is 54.7 cm³/mol. The van der Waals surface area contributed by atoms with Crippen LogP contribution in [0.25, 0.3) is 0 Å². The molecule has 1 heterocycles. The molecule has 2 saturated carbocycles. The molecule has 1 aliphatic heterocycles. The van der Waals surface area contributed by atoms with E-state index in [-0.39, 0.29) is 0 Å². The second kappa shape index (κ2) is 3.25. The minimum Gasteiger partial charge on any atom is -0.353 e. The molecular weight excluding hydrogens is 174 g/mol. The standard InChI is InChI=1S/C12H19NO/c14-12-7-10-5-8-3-1-2-4-9(8)6-11(10)13-12/h8-11H,1-7H2,(H,13,14). The average Bonchev–Trinajstić information content (AvgIpc) is 2.53. The van der Waals surface area contributed by atoms with Crippen LogP contribution in [-0.2, 0) is 4.79 Å². The van der Waals surface area contributed by atoms with E-state index in [9.17, 15) is 4.79 Å². The zero-order chi connectivity index (χ0) is 9.54. The second-order valence-corrected chi connectivity index (χ2v) is 5.41. The van der Waals surface area contributed by atoms with Crippen LogP contribution in [0.15, 0.2) is 0 Å². The number of carbonyl (C=O) groups is 1. The van der Waals surface area contributed by atoms with Gasteiger partial charge >= 0.3 is 0 Å². The lowest BCUT2D eigenvalue weighted by Crippen LogP contribution is -2.39. The Hall–Kier alpha value is -0.530. The Morgan fingerprint density at radius 1 is 1.00 bits per heavy atom. The molecule has 0 aromatic carbocycles. The fourth-order valence-corrected chi connectivity index (χ4v) is 3.88. The fraction of sp³-hybridized carbons (Fsp3) is 0.917. The van der Waals surface area contributed by atoms with Gasteiger partial charge in [0.1, 0.15) is 0 Å². The summed E-state index contributed by atoms with van der Waals surface area (Å²) in [4.78, 5) is 11.3. The summed E-state index contributed by atoms with van der Waals surface area (Å²) in [6.45, 7) is 0. The maximum Gasteiger partial charge on any atom is 0.220 e. The zero-order valence-electron chi connectivity index (χ0n) is 8.67. The minimum atomic E-state index is 0.304. The molecule has 1 amide bonds. The molecule has 14 heavy (non-hydrogen) atoms. The number of rotatable bonds is 0. The lowest BCUT2D eigenvalue weighted by Gasteiger charge is -2.40. The van der Waals surface area contributed by atoms with Crippen LogP contribution in [0.2, 0.25) is 0 Å². The molecule has 3 rings (SSSR count). The van der Waals surface area contributed by atoms with Gasteiger partial charge in [0.15, 0.2) is 0 Å². The van der Waals surface area contributed by atoms with E-state index in [0.717, 1.165) is 18.3 Å². The first-order chi connectivity index (χ1) is 6.83. The van der Waals surface area contributed by atoms with Crippen molar-refractivity contribution in [1.29, 1.82) is 0 Å². The van der Waals surface area contributed by atoms with Crippen molar-refractivity contribution in [2.45, 2.75) is 51.0 Å². The van der Waals surface area contributed by atoms with Gasteiger partial charge in [0, 0.05) is 12.5 Å². The minimum absolute atomic E-state index is 0.304. The largest absolute Gasteiger partial charge is 0.353 e. The van der Waals surface area contributed by atoms with Gasteiger partial charge in [-0.25, -0.2) is 0 Å². The Balaban J connectivity index is 1.73. The first kappa shape index (κ1) is 8.75. The maximum absolute atomic E-state index is 11.3. The lowest BCUT2D eigenvalue weighted by atomic mass is 9.66. The van der Waals surface area contributed by atoms with E-state index in [2.05, 4.69) is 5.32 Å². The number of nitrogens with one attached hydrogen (secondary N) is 1. The van der Waals surface area contributed by atoms with Crippen LogP contribution < -0.4 is 5.32 Å². The smallest absolute Gasteiger partial charge is 0.220 e.